The molecule has 4 aromatic rings. The average molecular weight is 487 g/mol. The van der Waals surface area contributed by atoms with Crippen molar-refractivity contribution in [3.8, 4) is 11.5 Å². The van der Waals surface area contributed by atoms with Crippen LogP contribution in [0.5, 0.6) is 11.5 Å². The van der Waals surface area contributed by atoms with Gasteiger partial charge >= 0.3 is 0 Å². The Labute approximate surface area is 195 Å². The van der Waals surface area contributed by atoms with Crippen LogP contribution in [0.2, 0.25) is 10.0 Å². The molecule has 1 aromatic heterocycles. The lowest BCUT2D eigenvalue weighted by molar-refractivity contribution is 0.0960. The van der Waals surface area contributed by atoms with Crippen LogP contribution in [0.4, 0.5) is 5.69 Å². The number of aromatic nitrogens is 1. The molecule has 0 bridgehead atoms. The second-order valence-electron chi connectivity index (χ2n) is 6.70. The molecular formula is C23H16Cl2N2O4S. The zero-order valence-corrected chi connectivity index (χ0v) is 18.7. The van der Waals surface area contributed by atoms with Crippen LogP contribution < -0.4 is 9.46 Å². The summed E-state index contributed by atoms with van der Waals surface area (Å²) < 4.78 is 35.6. The van der Waals surface area contributed by atoms with Crippen LogP contribution in [0, 0.1) is 0 Å². The molecule has 32 heavy (non-hydrogen) atoms. The van der Waals surface area contributed by atoms with Gasteiger partial charge in [-0.3, -0.25) is 14.1 Å². The summed E-state index contributed by atoms with van der Waals surface area (Å²) in [5.74, 6) is 0.334. The first-order chi connectivity index (χ1) is 15.3. The molecule has 0 atom stereocenters. The number of carbonyl (C=O) groups is 1. The molecule has 0 saturated heterocycles. The number of hydrogen-bond acceptors (Lipinski definition) is 4. The molecule has 0 aliphatic heterocycles. The lowest BCUT2D eigenvalue weighted by atomic mass is 10.2. The van der Waals surface area contributed by atoms with Crippen LogP contribution in [0.3, 0.4) is 0 Å². The molecule has 1 heterocycles. The highest BCUT2D eigenvalue weighted by Crippen LogP contribution is 2.35. The highest BCUT2D eigenvalue weighted by Gasteiger charge is 2.18. The lowest BCUT2D eigenvalue weighted by Crippen LogP contribution is -2.14. The molecule has 1 N–H and O–H groups in total. The first kappa shape index (κ1) is 22.0. The molecular weight excluding hydrogens is 471 g/mol. The Balaban J connectivity index is 1.57. The van der Waals surface area contributed by atoms with Gasteiger partial charge in [0.05, 0.1) is 15.6 Å². The maximum Gasteiger partial charge on any atom is 0.262 e. The minimum atomic E-state index is -3.94. The Hall–Kier alpha value is -3.26. The number of benzene rings is 3. The van der Waals surface area contributed by atoms with Crippen LogP contribution in [-0.4, -0.2) is 18.9 Å². The van der Waals surface area contributed by atoms with E-state index >= 15 is 0 Å². The van der Waals surface area contributed by atoms with Gasteiger partial charge in [-0.2, -0.15) is 0 Å². The molecule has 0 aliphatic carbocycles. The van der Waals surface area contributed by atoms with E-state index in [0.29, 0.717) is 16.3 Å². The van der Waals surface area contributed by atoms with Gasteiger partial charge in [0.25, 0.3) is 15.9 Å². The van der Waals surface area contributed by atoms with Crippen molar-refractivity contribution in [2.24, 2.45) is 0 Å². The average Bonchev–Trinajstić information content (AvgIpc) is 3.31. The van der Waals surface area contributed by atoms with Gasteiger partial charge in [0.2, 0.25) is 0 Å². The molecule has 3 aromatic carbocycles. The predicted octanol–water partition coefficient (Wildman–Crippen LogP) is 6.08. The van der Waals surface area contributed by atoms with E-state index in [4.69, 9.17) is 27.9 Å². The third-order valence-electron chi connectivity index (χ3n) is 4.50. The van der Waals surface area contributed by atoms with Crippen molar-refractivity contribution < 1.29 is 17.9 Å². The van der Waals surface area contributed by atoms with E-state index in [0.717, 1.165) is 0 Å². The summed E-state index contributed by atoms with van der Waals surface area (Å²) in [6.45, 7) is 0. The molecule has 0 unspecified atom stereocenters. The normalized spacial score (nSPS) is 11.2. The van der Waals surface area contributed by atoms with Gasteiger partial charge in [-0.05, 0) is 66.7 Å². The second-order valence-corrected chi connectivity index (χ2v) is 9.22. The van der Waals surface area contributed by atoms with Crippen molar-refractivity contribution in [2.45, 2.75) is 4.90 Å². The molecule has 162 valence electrons. The summed E-state index contributed by atoms with van der Waals surface area (Å²) in [6.07, 6.45) is 3.25. The number of carbonyl (C=O) groups excluding carboxylic acids is 1. The number of rotatable bonds is 6. The Bertz CT molecular complexity index is 1370. The number of nitrogens with zero attached hydrogens (tertiary/aromatic N) is 1. The zero-order chi connectivity index (χ0) is 22.7. The fraction of sp³-hybridized carbons (Fsp3) is 0. The smallest absolute Gasteiger partial charge is 0.262 e. The van der Waals surface area contributed by atoms with Gasteiger partial charge in [0.1, 0.15) is 5.75 Å². The largest absolute Gasteiger partial charge is 0.454 e. The highest BCUT2D eigenvalue weighted by molar-refractivity contribution is 7.92. The summed E-state index contributed by atoms with van der Waals surface area (Å²) in [6, 6.07) is 20.4. The molecule has 0 amide bonds. The molecule has 9 heteroatoms. The summed E-state index contributed by atoms with van der Waals surface area (Å²) >= 11 is 12.1. The molecule has 0 radical (unpaired) electrons. The molecule has 6 nitrogen and oxygen atoms in total. The van der Waals surface area contributed by atoms with Crippen molar-refractivity contribution in [1.82, 2.24) is 4.57 Å². The van der Waals surface area contributed by atoms with Crippen molar-refractivity contribution in [3.63, 3.8) is 0 Å². The first-order valence-corrected chi connectivity index (χ1v) is 11.6. The van der Waals surface area contributed by atoms with E-state index < -0.39 is 10.0 Å². The highest BCUT2D eigenvalue weighted by atomic mass is 35.5. The van der Waals surface area contributed by atoms with Crippen molar-refractivity contribution in [3.05, 3.63) is 107 Å². The number of hydrogen-bond donors (Lipinski definition) is 1. The van der Waals surface area contributed by atoms with Crippen molar-refractivity contribution in [1.29, 1.82) is 0 Å². The maximum absolute atomic E-state index is 12.9. The summed E-state index contributed by atoms with van der Waals surface area (Å²) in [5.41, 5.74) is 0.590. The fourth-order valence-corrected chi connectivity index (χ4v) is 4.43. The topological polar surface area (TPSA) is 77.4 Å². The van der Waals surface area contributed by atoms with Crippen molar-refractivity contribution >= 4 is 44.8 Å². The number of anilines is 1. The van der Waals surface area contributed by atoms with E-state index in [1.807, 2.05) is 0 Å². The van der Waals surface area contributed by atoms with Gasteiger partial charge < -0.3 is 4.74 Å². The van der Waals surface area contributed by atoms with E-state index in [9.17, 15) is 13.2 Å². The van der Waals surface area contributed by atoms with Crippen LogP contribution in [-0.2, 0) is 10.0 Å². The van der Waals surface area contributed by atoms with Crippen LogP contribution in [0.25, 0.3) is 0 Å². The summed E-state index contributed by atoms with van der Waals surface area (Å²) in [4.78, 5) is 12.4. The van der Waals surface area contributed by atoms with Crippen LogP contribution >= 0.6 is 23.2 Å². The molecule has 0 fully saturated rings. The third-order valence-corrected chi connectivity index (χ3v) is 6.41. The SMILES string of the molecule is O=C(c1ccc(S(=O)(=O)Nc2ccccc2Oc2ccc(Cl)cc2Cl)cc1)n1cccc1. The van der Waals surface area contributed by atoms with E-state index in [1.165, 1.54) is 34.9 Å². The summed E-state index contributed by atoms with van der Waals surface area (Å²) in [5, 5.41) is 0.744. The number of nitrogens with one attached hydrogen (secondary N) is 1. The number of halogens is 2. The first-order valence-electron chi connectivity index (χ1n) is 9.36. The Kier molecular flexibility index (Phi) is 6.23. The molecule has 4 rings (SSSR count). The summed E-state index contributed by atoms with van der Waals surface area (Å²) in [7, 11) is -3.94. The van der Waals surface area contributed by atoms with Gasteiger partial charge in [0.15, 0.2) is 5.75 Å². The van der Waals surface area contributed by atoms with E-state index in [2.05, 4.69) is 4.72 Å². The molecule has 0 saturated carbocycles. The van der Waals surface area contributed by atoms with E-state index in [1.54, 1.807) is 60.9 Å². The Morgan fingerprint density at radius 1 is 0.844 bits per heavy atom. The number of sulfonamides is 1. The Morgan fingerprint density at radius 3 is 2.22 bits per heavy atom. The fourth-order valence-electron chi connectivity index (χ4n) is 2.92. The lowest BCUT2D eigenvalue weighted by Gasteiger charge is -2.14. The van der Waals surface area contributed by atoms with Crippen LogP contribution in [0.1, 0.15) is 10.4 Å². The Morgan fingerprint density at radius 2 is 1.53 bits per heavy atom. The predicted molar refractivity (Wildman–Crippen MR) is 124 cm³/mol. The monoisotopic (exact) mass is 486 g/mol. The molecule has 0 spiro atoms. The number of ether oxygens (including phenoxy) is 1. The molecule has 0 aliphatic rings. The minimum absolute atomic E-state index is 0.000819. The standard InChI is InChI=1S/C23H16Cl2N2O4S/c24-17-9-12-21(19(25)15-17)31-22-6-2-1-5-20(22)26-32(29,30)18-10-7-16(8-11-18)23(28)27-13-3-4-14-27/h1-15,26H. The van der Waals surface area contributed by atoms with Gasteiger partial charge in [-0.15, -0.1) is 0 Å². The van der Waals surface area contributed by atoms with E-state index in [-0.39, 0.29) is 27.3 Å². The van der Waals surface area contributed by atoms with Gasteiger partial charge in [-0.1, -0.05) is 35.3 Å². The second kappa shape index (κ2) is 9.08. The maximum atomic E-state index is 12.9. The third kappa shape index (κ3) is 4.80. The van der Waals surface area contributed by atoms with Crippen LogP contribution in [0.15, 0.2) is 96.2 Å². The van der Waals surface area contributed by atoms with Crippen molar-refractivity contribution in [2.75, 3.05) is 4.72 Å². The zero-order valence-electron chi connectivity index (χ0n) is 16.4. The van der Waals surface area contributed by atoms with Gasteiger partial charge in [-0.25, -0.2) is 8.42 Å². The quantitative estimate of drug-likeness (QED) is 0.358. The minimum Gasteiger partial charge on any atom is -0.454 e. The number of para-hydroxylation sites is 2. The van der Waals surface area contributed by atoms with Gasteiger partial charge in [0, 0.05) is 23.0 Å².